The molecule has 4 heterocycles. The Bertz CT molecular complexity index is 1510. The van der Waals surface area contributed by atoms with Crippen molar-refractivity contribution in [2.24, 2.45) is 0 Å². The first-order chi connectivity index (χ1) is 18.4. The SMILES string of the molecule is CNC/C=C/C(=O)N1CCC(n2nc(-c3ccc(C(=O)Nc4cc(C)ccn4)cc3)c3c(N)ncnc32)C1. The normalized spacial score (nSPS) is 15.4. The number of aromatic nitrogens is 5. The van der Waals surface area contributed by atoms with E-state index < -0.39 is 0 Å². The van der Waals surface area contributed by atoms with Crippen molar-refractivity contribution in [3.05, 3.63) is 72.2 Å². The number of nitrogen functional groups attached to an aromatic ring is 1. The number of likely N-dealkylation sites (N-methyl/N-ethyl adjacent to an activating group) is 1. The van der Waals surface area contributed by atoms with E-state index in [1.807, 2.05) is 53.9 Å². The molecule has 3 aromatic heterocycles. The van der Waals surface area contributed by atoms with Crippen molar-refractivity contribution in [3.63, 3.8) is 0 Å². The fourth-order valence-corrected chi connectivity index (χ4v) is 4.55. The summed E-state index contributed by atoms with van der Waals surface area (Å²) in [5.41, 5.74) is 9.79. The van der Waals surface area contributed by atoms with E-state index in [9.17, 15) is 9.59 Å². The number of carbonyl (C=O) groups is 2. The average Bonchev–Trinajstić information content (AvgIpc) is 3.55. The van der Waals surface area contributed by atoms with Crippen LogP contribution in [-0.4, -0.2) is 68.1 Å². The van der Waals surface area contributed by atoms with Gasteiger partial charge in [-0.3, -0.25) is 9.59 Å². The molecule has 5 rings (SSSR count). The predicted octanol–water partition coefficient (Wildman–Crippen LogP) is 2.58. The van der Waals surface area contributed by atoms with Gasteiger partial charge in [0.05, 0.1) is 11.4 Å². The maximum Gasteiger partial charge on any atom is 0.256 e. The molecule has 1 aromatic carbocycles. The topological polar surface area (TPSA) is 144 Å². The first kappa shape index (κ1) is 25.0. The molecule has 2 amide bonds. The number of benzene rings is 1. The molecule has 194 valence electrons. The Kier molecular flexibility index (Phi) is 7.09. The molecule has 4 N–H and O–H groups in total. The quantitative estimate of drug-likeness (QED) is 0.321. The highest BCUT2D eigenvalue weighted by Crippen LogP contribution is 2.34. The molecule has 4 aromatic rings. The lowest BCUT2D eigenvalue weighted by atomic mass is 10.1. The molecule has 38 heavy (non-hydrogen) atoms. The van der Waals surface area contributed by atoms with Crippen molar-refractivity contribution < 1.29 is 9.59 Å². The number of anilines is 2. The van der Waals surface area contributed by atoms with Gasteiger partial charge in [-0.2, -0.15) is 5.10 Å². The second-order valence-corrected chi connectivity index (χ2v) is 9.19. The van der Waals surface area contributed by atoms with Gasteiger partial charge in [-0.25, -0.2) is 19.6 Å². The Labute approximate surface area is 219 Å². The zero-order chi connectivity index (χ0) is 26.6. The van der Waals surface area contributed by atoms with Crippen molar-refractivity contribution in [1.82, 2.24) is 34.9 Å². The van der Waals surface area contributed by atoms with Gasteiger partial charge in [0.2, 0.25) is 5.91 Å². The van der Waals surface area contributed by atoms with E-state index in [0.717, 1.165) is 17.5 Å². The average molecular weight is 512 g/mol. The van der Waals surface area contributed by atoms with Crippen molar-refractivity contribution in [3.8, 4) is 11.3 Å². The van der Waals surface area contributed by atoms with Gasteiger partial charge < -0.3 is 21.3 Å². The van der Waals surface area contributed by atoms with Crippen LogP contribution >= 0.6 is 0 Å². The third kappa shape index (κ3) is 5.09. The van der Waals surface area contributed by atoms with Crippen LogP contribution < -0.4 is 16.4 Å². The van der Waals surface area contributed by atoms with E-state index >= 15 is 0 Å². The molecule has 1 atom stereocenters. The minimum atomic E-state index is -0.257. The molecule has 1 saturated heterocycles. The van der Waals surface area contributed by atoms with Crippen LogP contribution in [-0.2, 0) is 4.79 Å². The summed E-state index contributed by atoms with van der Waals surface area (Å²) in [6.07, 6.45) is 7.23. The van der Waals surface area contributed by atoms with Crippen LogP contribution in [0, 0.1) is 6.92 Å². The predicted molar refractivity (Wildman–Crippen MR) is 145 cm³/mol. The molecular weight excluding hydrogens is 482 g/mol. The van der Waals surface area contributed by atoms with Gasteiger partial charge in [0.15, 0.2) is 5.65 Å². The summed E-state index contributed by atoms with van der Waals surface area (Å²) in [7, 11) is 1.83. The van der Waals surface area contributed by atoms with Gasteiger partial charge in [0.25, 0.3) is 5.91 Å². The maximum atomic E-state index is 12.7. The van der Waals surface area contributed by atoms with Gasteiger partial charge in [-0.05, 0) is 50.2 Å². The Morgan fingerprint density at radius 2 is 1.97 bits per heavy atom. The van der Waals surface area contributed by atoms with Gasteiger partial charge in [-0.1, -0.05) is 18.2 Å². The molecule has 0 spiro atoms. The number of carbonyl (C=O) groups excluding carboxylic acids is 2. The maximum absolute atomic E-state index is 12.7. The van der Waals surface area contributed by atoms with Crippen LogP contribution in [0.4, 0.5) is 11.6 Å². The molecular formula is C27H29N9O2. The Morgan fingerprint density at radius 1 is 1.16 bits per heavy atom. The fourth-order valence-electron chi connectivity index (χ4n) is 4.55. The number of nitrogens with zero attached hydrogens (tertiary/aromatic N) is 6. The zero-order valence-corrected chi connectivity index (χ0v) is 21.3. The van der Waals surface area contributed by atoms with E-state index in [1.165, 1.54) is 6.33 Å². The van der Waals surface area contributed by atoms with E-state index in [-0.39, 0.29) is 17.9 Å². The smallest absolute Gasteiger partial charge is 0.256 e. The number of pyridine rings is 1. The number of nitrogens with two attached hydrogens (primary N) is 1. The number of hydrogen-bond acceptors (Lipinski definition) is 8. The standard InChI is InChI=1S/C27H29N9O2/c1-17-9-12-30-21(14-17)33-27(38)19-7-5-18(6-8-19)24-23-25(28)31-16-32-26(23)36(34-24)20-10-13-35(15-20)22(37)4-3-11-29-2/h3-9,12,14,16,20,29H,10-11,13,15H2,1-2H3,(H2,28,31,32)(H,30,33,38)/b4-3+. The fraction of sp³-hybridized carbons (Fsp3) is 0.259. The van der Waals surface area contributed by atoms with Crippen LogP contribution in [0.15, 0.2) is 61.1 Å². The van der Waals surface area contributed by atoms with Crippen molar-refractivity contribution in [2.75, 3.05) is 37.7 Å². The molecule has 1 aliphatic rings. The number of rotatable bonds is 7. The number of likely N-dealkylation sites (tertiary alicyclic amines) is 1. The molecule has 0 radical (unpaired) electrons. The monoisotopic (exact) mass is 511 g/mol. The van der Waals surface area contributed by atoms with Crippen LogP contribution in [0.3, 0.4) is 0 Å². The zero-order valence-electron chi connectivity index (χ0n) is 21.3. The highest BCUT2D eigenvalue weighted by atomic mass is 16.2. The molecule has 11 heteroatoms. The summed E-state index contributed by atoms with van der Waals surface area (Å²) in [5.74, 6) is 0.538. The number of nitrogens with one attached hydrogen (secondary N) is 2. The molecule has 0 bridgehead atoms. The summed E-state index contributed by atoms with van der Waals surface area (Å²) >= 11 is 0. The molecule has 0 saturated carbocycles. The van der Waals surface area contributed by atoms with Gasteiger partial charge in [0, 0.05) is 43.0 Å². The van der Waals surface area contributed by atoms with Crippen molar-refractivity contribution in [1.29, 1.82) is 0 Å². The third-order valence-electron chi connectivity index (χ3n) is 6.50. The third-order valence-corrected chi connectivity index (χ3v) is 6.50. The molecule has 1 unspecified atom stereocenters. The Morgan fingerprint density at radius 3 is 2.74 bits per heavy atom. The molecule has 0 aliphatic carbocycles. The van der Waals surface area contributed by atoms with Crippen LogP contribution in [0.5, 0.6) is 0 Å². The van der Waals surface area contributed by atoms with Crippen LogP contribution in [0.1, 0.15) is 28.4 Å². The lowest BCUT2D eigenvalue weighted by Crippen LogP contribution is -2.27. The van der Waals surface area contributed by atoms with E-state index in [1.54, 1.807) is 24.4 Å². The molecule has 1 aliphatic heterocycles. The Balaban J connectivity index is 1.40. The first-order valence-corrected chi connectivity index (χ1v) is 12.4. The van der Waals surface area contributed by atoms with E-state index in [2.05, 4.69) is 25.6 Å². The minimum Gasteiger partial charge on any atom is -0.383 e. The minimum absolute atomic E-state index is 0.0247. The van der Waals surface area contributed by atoms with Gasteiger partial charge in [-0.15, -0.1) is 0 Å². The highest BCUT2D eigenvalue weighted by Gasteiger charge is 2.30. The molecule has 11 nitrogen and oxygen atoms in total. The first-order valence-electron chi connectivity index (χ1n) is 12.4. The number of fused-ring (bicyclic) bond motifs is 1. The second-order valence-electron chi connectivity index (χ2n) is 9.19. The Hall–Kier alpha value is -4.64. The van der Waals surface area contributed by atoms with Crippen molar-refractivity contribution >= 4 is 34.5 Å². The second kappa shape index (κ2) is 10.8. The molecule has 1 fully saturated rings. The number of hydrogen-bond donors (Lipinski definition) is 3. The summed E-state index contributed by atoms with van der Waals surface area (Å²) in [6.45, 7) is 3.73. The lowest BCUT2D eigenvalue weighted by Gasteiger charge is -2.15. The van der Waals surface area contributed by atoms with Gasteiger partial charge >= 0.3 is 0 Å². The van der Waals surface area contributed by atoms with Crippen LogP contribution in [0.25, 0.3) is 22.3 Å². The number of amides is 2. The largest absolute Gasteiger partial charge is 0.383 e. The summed E-state index contributed by atoms with van der Waals surface area (Å²) in [5, 5.41) is 11.3. The number of aryl methyl sites for hydroxylation is 1. The van der Waals surface area contributed by atoms with Crippen molar-refractivity contribution in [2.45, 2.75) is 19.4 Å². The highest BCUT2D eigenvalue weighted by molar-refractivity contribution is 6.04. The van der Waals surface area contributed by atoms with Crippen LogP contribution in [0.2, 0.25) is 0 Å². The summed E-state index contributed by atoms with van der Waals surface area (Å²) in [4.78, 5) is 39.9. The summed E-state index contributed by atoms with van der Waals surface area (Å²) < 4.78 is 1.84. The van der Waals surface area contributed by atoms with E-state index in [0.29, 0.717) is 53.6 Å². The lowest BCUT2D eigenvalue weighted by molar-refractivity contribution is -0.125. The van der Waals surface area contributed by atoms with E-state index in [4.69, 9.17) is 10.8 Å². The summed E-state index contributed by atoms with van der Waals surface area (Å²) in [6, 6.07) is 10.8. The van der Waals surface area contributed by atoms with Gasteiger partial charge in [0.1, 0.15) is 23.7 Å².